The number of hydrogen-bond acceptors (Lipinski definition) is 2. The van der Waals surface area contributed by atoms with E-state index in [-0.39, 0.29) is 11.9 Å². The average molecular weight is 458 g/mol. The zero-order valence-electron chi connectivity index (χ0n) is 21.6. The van der Waals surface area contributed by atoms with E-state index in [0.29, 0.717) is 12.5 Å². The van der Waals surface area contributed by atoms with Crippen LogP contribution in [0.2, 0.25) is 0 Å². The van der Waals surface area contributed by atoms with E-state index in [4.69, 9.17) is 4.74 Å². The fourth-order valence-electron chi connectivity index (χ4n) is 4.48. The summed E-state index contributed by atoms with van der Waals surface area (Å²) in [6.45, 7) is 13.3. The average Bonchev–Trinajstić information content (AvgIpc) is 2.77. The lowest BCUT2D eigenvalue weighted by molar-refractivity contribution is 0.0930. The first-order valence-corrected chi connectivity index (χ1v) is 12.5. The Bertz CT molecular complexity index is 1100. The van der Waals surface area contributed by atoms with Crippen LogP contribution < -0.4 is 10.1 Å². The van der Waals surface area contributed by atoms with Crippen LogP contribution >= 0.6 is 0 Å². The van der Waals surface area contributed by atoms with Gasteiger partial charge in [-0.1, -0.05) is 80.8 Å². The van der Waals surface area contributed by atoms with Crippen molar-refractivity contribution in [3.63, 3.8) is 0 Å². The van der Waals surface area contributed by atoms with E-state index in [1.807, 2.05) is 24.3 Å². The van der Waals surface area contributed by atoms with Crippen molar-refractivity contribution in [1.82, 2.24) is 5.32 Å². The summed E-state index contributed by atoms with van der Waals surface area (Å²) in [4.78, 5) is 13.6. The third-order valence-corrected chi connectivity index (χ3v) is 5.99. The van der Waals surface area contributed by atoms with Gasteiger partial charge in [0, 0.05) is 5.56 Å². The second-order valence-electron chi connectivity index (χ2n) is 9.92. The number of benzene rings is 3. The van der Waals surface area contributed by atoms with Crippen molar-refractivity contribution < 1.29 is 9.53 Å². The highest BCUT2D eigenvalue weighted by Gasteiger charge is 2.20. The van der Waals surface area contributed by atoms with Gasteiger partial charge in [-0.3, -0.25) is 4.79 Å². The molecule has 3 rings (SSSR count). The molecular weight excluding hydrogens is 418 g/mol. The molecule has 1 amide bonds. The number of rotatable bonds is 10. The zero-order valence-corrected chi connectivity index (χ0v) is 21.6. The summed E-state index contributed by atoms with van der Waals surface area (Å²) in [6.07, 6.45) is 2.76. The molecule has 0 spiro atoms. The second kappa shape index (κ2) is 11.9. The van der Waals surface area contributed by atoms with E-state index in [0.717, 1.165) is 41.7 Å². The fourth-order valence-corrected chi connectivity index (χ4v) is 4.48. The van der Waals surface area contributed by atoms with Crippen molar-refractivity contribution >= 4 is 5.91 Å². The van der Waals surface area contributed by atoms with Crippen LogP contribution in [0.25, 0.3) is 0 Å². The normalized spacial score (nSPS) is 12.0. The highest BCUT2D eigenvalue weighted by molar-refractivity contribution is 5.96. The van der Waals surface area contributed by atoms with Gasteiger partial charge in [0.15, 0.2) is 0 Å². The highest BCUT2D eigenvalue weighted by atomic mass is 16.5. The molecule has 0 bridgehead atoms. The lowest BCUT2D eigenvalue weighted by Gasteiger charge is -2.23. The number of ether oxygens (including phenoxy) is 1. The van der Waals surface area contributed by atoms with Gasteiger partial charge in [0.2, 0.25) is 0 Å². The summed E-state index contributed by atoms with van der Waals surface area (Å²) in [7, 11) is 0. The van der Waals surface area contributed by atoms with Crippen molar-refractivity contribution in [3.05, 3.63) is 99.6 Å². The predicted molar refractivity (Wildman–Crippen MR) is 142 cm³/mol. The van der Waals surface area contributed by atoms with Crippen LogP contribution in [-0.4, -0.2) is 5.91 Å². The first-order chi connectivity index (χ1) is 16.2. The van der Waals surface area contributed by atoms with Crippen molar-refractivity contribution in [2.75, 3.05) is 0 Å². The Balaban J connectivity index is 1.85. The van der Waals surface area contributed by atoms with Gasteiger partial charge >= 0.3 is 0 Å². The summed E-state index contributed by atoms with van der Waals surface area (Å²) in [5.74, 6) is 1.30. The van der Waals surface area contributed by atoms with Gasteiger partial charge in [0.1, 0.15) is 12.4 Å². The molecule has 0 saturated carbocycles. The van der Waals surface area contributed by atoms with Crippen LogP contribution in [0.5, 0.6) is 5.75 Å². The Morgan fingerprint density at radius 3 is 2.29 bits per heavy atom. The monoisotopic (exact) mass is 457 g/mol. The van der Waals surface area contributed by atoms with Gasteiger partial charge in [-0.2, -0.15) is 0 Å². The molecular formula is C31H39NO2. The van der Waals surface area contributed by atoms with Crippen LogP contribution in [0.15, 0.2) is 60.7 Å². The molecule has 3 nitrogen and oxygen atoms in total. The molecule has 3 heteroatoms. The standard InChI is InChI=1S/C31H39NO2/c1-7-9-26-13-12-25(20-34-28-11-8-10-22(4)18-28)19-29(26)31(33)32-30(14-21(2)3)27-16-23(5)15-24(6)17-27/h8,10-13,15-19,21,30H,7,9,14,20H2,1-6H3,(H,32,33). The fraction of sp³-hybridized carbons (Fsp3) is 0.387. The number of carbonyl (C=O) groups excluding carboxylic acids is 1. The molecule has 1 unspecified atom stereocenters. The largest absolute Gasteiger partial charge is 0.489 e. The molecule has 34 heavy (non-hydrogen) atoms. The minimum atomic E-state index is -0.0206. The number of amides is 1. The Hall–Kier alpha value is -3.07. The van der Waals surface area contributed by atoms with E-state index in [1.54, 1.807) is 0 Å². The summed E-state index contributed by atoms with van der Waals surface area (Å²) in [5.41, 5.74) is 7.63. The molecule has 0 aliphatic heterocycles. The Morgan fingerprint density at radius 1 is 0.912 bits per heavy atom. The molecule has 180 valence electrons. The molecule has 3 aromatic rings. The van der Waals surface area contributed by atoms with Crippen LogP contribution in [0.1, 0.15) is 83.4 Å². The van der Waals surface area contributed by atoms with Crippen LogP contribution in [0, 0.1) is 26.7 Å². The molecule has 0 aliphatic rings. The summed E-state index contributed by atoms with van der Waals surface area (Å²) < 4.78 is 6.01. The zero-order chi connectivity index (χ0) is 24.7. The summed E-state index contributed by atoms with van der Waals surface area (Å²) in [6, 6.07) is 20.7. The van der Waals surface area contributed by atoms with Crippen molar-refractivity contribution in [2.45, 2.75) is 73.5 Å². The van der Waals surface area contributed by atoms with Crippen molar-refractivity contribution in [3.8, 4) is 5.75 Å². The first-order valence-electron chi connectivity index (χ1n) is 12.5. The Kier molecular flexibility index (Phi) is 8.92. The lowest BCUT2D eigenvalue weighted by atomic mass is 9.93. The molecule has 3 aromatic carbocycles. The van der Waals surface area contributed by atoms with Gasteiger partial charge < -0.3 is 10.1 Å². The number of nitrogens with one attached hydrogen (secondary N) is 1. The number of carbonyl (C=O) groups is 1. The molecule has 0 aliphatic carbocycles. The summed E-state index contributed by atoms with van der Waals surface area (Å²) >= 11 is 0. The van der Waals surface area contributed by atoms with E-state index in [1.165, 1.54) is 22.3 Å². The summed E-state index contributed by atoms with van der Waals surface area (Å²) in [5, 5.41) is 3.36. The maximum atomic E-state index is 13.6. The van der Waals surface area contributed by atoms with Gasteiger partial charge in [0.05, 0.1) is 6.04 Å². The minimum absolute atomic E-state index is 0.00864. The molecule has 0 radical (unpaired) electrons. The van der Waals surface area contributed by atoms with Gasteiger partial charge in [-0.05, 0) is 80.0 Å². The minimum Gasteiger partial charge on any atom is -0.489 e. The quantitative estimate of drug-likeness (QED) is 0.339. The van der Waals surface area contributed by atoms with Crippen LogP contribution in [0.3, 0.4) is 0 Å². The number of aryl methyl sites for hydroxylation is 4. The molecule has 0 fully saturated rings. The number of hydrogen-bond donors (Lipinski definition) is 1. The SMILES string of the molecule is CCCc1ccc(COc2cccc(C)c2)cc1C(=O)NC(CC(C)C)c1cc(C)cc(C)c1. The van der Waals surface area contributed by atoms with Gasteiger partial charge in [0.25, 0.3) is 5.91 Å². The smallest absolute Gasteiger partial charge is 0.252 e. The van der Waals surface area contributed by atoms with Gasteiger partial charge in [-0.15, -0.1) is 0 Å². The topological polar surface area (TPSA) is 38.3 Å². The van der Waals surface area contributed by atoms with E-state index >= 15 is 0 Å². The maximum Gasteiger partial charge on any atom is 0.252 e. The van der Waals surface area contributed by atoms with Crippen molar-refractivity contribution in [1.29, 1.82) is 0 Å². The molecule has 0 heterocycles. The first kappa shape index (κ1) is 25.6. The van der Waals surface area contributed by atoms with E-state index < -0.39 is 0 Å². The molecule has 1 atom stereocenters. The Labute approximate surface area is 205 Å². The lowest BCUT2D eigenvalue weighted by Crippen LogP contribution is -2.30. The molecule has 0 saturated heterocycles. The van der Waals surface area contributed by atoms with Crippen molar-refractivity contribution in [2.24, 2.45) is 5.92 Å². The highest BCUT2D eigenvalue weighted by Crippen LogP contribution is 2.25. The predicted octanol–water partition coefficient (Wildman–Crippen LogP) is 7.66. The van der Waals surface area contributed by atoms with E-state index in [2.05, 4.69) is 83.3 Å². The van der Waals surface area contributed by atoms with E-state index in [9.17, 15) is 4.79 Å². The second-order valence-corrected chi connectivity index (χ2v) is 9.92. The van der Waals surface area contributed by atoms with Crippen LogP contribution in [-0.2, 0) is 13.0 Å². The third-order valence-electron chi connectivity index (χ3n) is 5.99. The molecule has 1 N–H and O–H groups in total. The molecule has 0 aromatic heterocycles. The Morgan fingerprint density at radius 2 is 1.65 bits per heavy atom. The maximum absolute atomic E-state index is 13.6. The van der Waals surface area contributed by atoms with Crippen LogP contribution in [0.4, 0.5) is 0 Å². The van der Waals surface area contributed by atoms with Gasteiger partial charge in [-0.25, -0.2) is 0 Å². The third kappa shape index (κ3) is 7.21.